The zero-order valence-electron chi connectivity index (χ0n) is 52.7. The van der Waals surface area contributed by atoms with E-state index in [2.05, 4.69) is 37.6 Å². The van der Waals surface area contributed by atoms with Gasteiger partial charge in [0.25, 0.3) is 0 Å². The van der Waals surface area contributed by atoms with E-state index in [-0.39, 0.29) is 16.7 Å². The molecule has 4 fully saturated rings. The third-order valence-corrected chi connectivity index (χ3v) is 58.7. The molecule has 14 nitrogen and oxygen atoms in total. The van der Waals surface area contributed by atoms with Crippen molar-refractivity contribution in [3.8, 4) is 0 Å². The molecule has 10 atom stereocenters. The average molecular weight is 1610 g/mol. The average Bonchev–Trinajstić information content (AvgIpc) is 1.03. The number of hydrogen-bond acceptors (Lipinski definition) is 14. The smallest absolute Gasteiger partial charge is 0.422 e. The number of benzene rings is 11. The van der Waals surface area contributed by atoms with Crippen LogP contribution < -0.4 is 46.7 Å². The predicted octanol–water partition coefficient (Wildman–Crippen LogP) is 7.25. The lowest BCUT2D eigenvalue weighted by Crippen LogP contribution is -2.86. The predicted molar refractivity (Wildman–Crippen MR) is 411 cm³/mol. The molecule has 27 heteroatoms. The molecule has 490 valence electrons. The first-order chi connectivity index (χ1) is 48.0. The second kappa shape index (κ2) is 29.0. The van der Waals surface area contributed by atoms with Crippen LogP contribution in [0, 0.1) is 0 Å². The van der Waals surface area contributed by atoms with Crippen molar-refractivity contribution in [2.75, 3.05) is 6.23 Å². The fourth-order valence-corrected chi connectivity index (χ4v) is 64.5. The first kappa shape index (κ1) is 67.5. The summed E-state index contributed by atoms with van der Waals surface area (Å²) in [6.07, 6.45) is 3.83. The molecule has 6 bridgehead atoms. The van der Waals surface area contributed by atoms with Crippen LogP contribution in [0.5, 0.6) is 0 Å². The molecule has 0 N–H and O–H groups in total. The number of hydrogen-bond donors (Lipinski definition) is 0. The van der Waals surface area contributed by atoms with E-state index in [0.29, 0.717) is 41.5 Å². The van der Waals surface area contributed by atoms with Crippen LogP contribution in [-0.2, 0) is 57.9 Å². The molecule has 4 aliphatic rings. The third-order valence-electron chi connectivity index (χ3n) is 16.9. The molecule has 11 aromatic rings. The normalized spacial score (nSPS) is 28.9. The summed E-state index contributed by atoms with van der Waals surface area (Å²) >= 11 is 7.40. The molecule has 0 aromatic heterocycles. The lowest BCUT2D eigenvalue weighted by Gasteiger charge is -2.54. The zero-order chi connectivity index (χ0) is 66.6. The Balaban J connectivity index is 1.18. The van der Waals surface area contributed by atoms with Gasteiger partial charge in [0.05, 0.1) is 6.23 Å². The summed E-state index contributed by atoms with van der Waals surface area (Å²) in [4.78, 5) is 0. The van der Waals surface area contributed by atoms with Gasteiger partial charge in [0.1, 0.15) is 10.5 Å². The van der Waals surface area contributed by atoms with E-state index in [1.807, 2.05) is 339 Å². The van der Waals surface area contributed by atoms with Gasteiger partial charge in [-0.2, -0.15) is 0 Å². The molecule has 11 aromatic carbocycles. The fraction of sp³-hybridized carbons (Fsp3) is 0.0141. The summed E-state index contributed by atoms with van der Waals surface area (Å²) in [5, 5.41) is 5.31. The molecule has 0 saturated carbocycles. The minimum atomic E-state index is -5.38. The zero-order valence-corrected chi connectivity index (χ0v) is 68.2. The molecule has 98 heavy (non-hydrogen) atoms. The summed E-state index contributed by atoms with van der Waals surface area (Å²) < 4.78 is 120. The van der Waals surface area contributed by atoms with E-state index < -0.39 is 88.5 Å². The Labute approximate surface area is 601 Å². The summed E-state index contributed by atoms with van der Waals surface area (Å²) in [7, 11) is -47.5. The van der Waals surface area contributed by atoms with Gasteiger partial charge in [-0.05, 0) is 62.4 Å². The first-order valence-corrected chi connectivity index (χ1v) is 51.7. The van der Waals surface area contributed by atoms with Crippen LogP contribution in [0.4, 0.5) is 0 Å². The fourth-order valence-electron chi connectivity index (χ4n) is 12.2. The van der Waals surface area contributed by atoms with Crippen molar-refractivity contribution in [1.82, 2.24) is 0 Å². The van der Waals surface area contributed by atoms with Crippen LogP contribution >= 0.6 is 31.9 Å². The Morgan fingerprint density at radius 2 is 0.633 bits per heavy atom. The van der Waals surface area contributed by atoms with Crippen LogP contribution in [0.2, 0.25) is 0 Å². The van der Waals surface area contributed by atoms with Crippen LogP contribution in [0.1, 0.15) is 11.1 Å². The Bertz CT molecular complexity index is 4550. The van der Waals surface area contributed by atoms with Crippen LogP contribution in [-0.4, -0.2) is 105 Å². The molecule has 0 spiro atoms. The standard InChI is InChI=1S/C71H64Br2O14Si11/c72-61-50-46-59(47-51-61)54-56-91(64-30-12-2-13-31-64)76-89-58-74-93(66-34-16-4-17-35-66)78-90(63-28-10-1-11-29-63)79-96(69-40-22-7-23-41-69)81-92(65-32-14-3-15-33-65,57-55-60-48-52-62(73)53-49-60)82-97(83-93,70-42-24-8-25-43-70)85-95(77-89,68-38-20-6-21-39-68)86-98(87-96,71-44-26-9-27-45-71)84-94(75-88,80-91)67-36-18-5-19-37-67/h1-57,89-90H,58H2,88H3/b56-54+,57-55+/t89?,90?,91?,92?,93?,94?,95-,96?,97?,98?/m0/s1. The SMILES string of the molecule is [SiH3]O[Si]1(c2ccccc2)O[Si](/C=C/c2ccc(Br)cc2)(c2ccccc2)O[SiH]2CO[Si]3(c4ccccc4)O[SiH](c4ccccc4)O[Si]4(c5ccccc5)O[Si](/C=C/c5ccc(Br)cc5)(c5ccccc5)O[Si](c5ccccc5)(O3)O[Si@](c3ccccc3)(O2)O[Si](c2ccccc2)(O1)O4. The maximum Gasteiger partial charge on any atom is 0.521 e. The lowest BCUT2D eigenvalue weighted by atomic mass is 10.2. The van der Waals surface area contributed by atoms with E-state index in [1.54, 1.807) is 0 Å². The Hall–Kier alpha value is -6.31. The van der Waals surface area contributed by atoms with Crippen molar-refractivity contribution >= 4 is 190 Å². The van der Waals surface area contributed by atoms with E-state index in [4.69, 9.17) is 57.9 Å². The third kappa shape index (κ3) is 13.7. The topological polar surface area (TPSA) is 129 Å². The van der Waals surface area contributed by atoms with Gasteiger partial charge >= 0.3 is 88.5 Å². The minimum Gasteiger partial charge on any atom is -0.422 e. The second-order valence-electron chi connectivity index (χ2n) is 23.3. The second-order valence-corrected chi connectivity index (χ2v) is 54.6. The number of fused-ring (bicyclic) bond motifs is 6. The summed E-state index contributed by atoms with van der Waals surface area (Å²) in [6.45, 7) is 0. The van der Waals surface area contributed by atoms with Gasteiger partial charge in [-0.1, -0.05) is 341 Å². The molecular weight excluding hydrogens is 1550 g/mol. The molecule has 0 radical (unpaired) electrons. The summed E-state index contributed by atoms with van der Waals surface area (Å²) in [6, 6.07) is 105. The van der Waals surface area contributed by atoms with Gasteiger partial charge in [-0.15, -0.1) is 0 Å². The van der Waals surface area contributed by atoms with Gasteiger partial charge in [0.2, 0.25) is 0 Å². The van der Waals surface area contributed by atoms with Crippen molar-refractivity contribution < 1.29 is 57.9 Å². The van der Waals surface area contributed by atoms with Crippen LogP contribution in [0.3, 0.4) is 0 Å². The number of rotatable bonds is 14. The van der Waals surface area contributed by atoms with Crippen molar-refractivity contribution in [2.45, 2.75) is 0 Å². The van der Waals surface area contributed by atoms with Gasteiger partial charge < -0.3 is 57.9 Å². The maximum absolute atomic E-state index is 8.88. The van der Waals surface area contributed by atoms with Gasteiger partial charge in [0.15, 0.2) is 0 Å². The van der Waals surface area contributed by atoms with Crippen molar-refractivity contribution in [3.63, 3.8) is 0 Å². The Morgan fingerprint density at radius 1 is 0.306 bits per heavy atom. The van der Waals surface area contributed by atoms with Gasteiger partial charge in [-0.25, -0.2) is 0 Å². The van der Waals surface area contributed by atoms with E-state index in [9.17, 15) is 0 Å². The lowest BCUT2D eigenvalue weighted by molar-refractivity contribution is 0.0926. The Kier molecular flexibility index (Phi) is 20.0. The molecule has 4 aliphatic heterocycles. The highest BCUT2D eigenvalue weighted by atomic mass is 79.9. The van der Waals surface area contributed by atoms with Gasteiger partial charge in [-0.3, -0.25) is 0 Å². The van der Waals surface area contributed by atoms with E-state index in [0.717, 1.165) is 25.3 Å². The molecular formula is C71H64Br2O14Si11. The van der Waals surface area contributed by atoms with Crippen molar-refractivity contribution in [2.24, 2.45) is 0 Å². The summed E-state index contributed by atoms with van der Waals surface area (Å²) in [5.41, 5.74) is 5.81. The van der Waals surface area contributed by atoms with Crippen molar-refractivity contribution in [1.29, 1.82) is 0 Å². The minimum absolute atomic E-state index is 0.0531. The maximum atomic E-state index is 8.88. The molecule has 4 saturated heterocycles. The highest BCUT2D eigenvalue weighted by Crippen LogP contribution is 2.42. The monoisotopic (exact) mass is 1610 g/mol. The first-order valence-electron chi connectivity index (χ1n) is 31.9. The van der Waals surface area contributed by atoms with E-state index in [1.165, 1.54) is 0 Å². The molecule has 0 aliphatic carbocycles. The number of halogens is 2. The molecule has 9 unspecified atom stereocenters. The van der Waals surface area contributed by atoms with Crippen molar-refractivity contribution in [3.05, 3.63) is 353 Å². The quantitative estimate of drug-likeness (QED) is 0.101. The Morgan fingerprint density at radius 3 is 1.07 bits per heavy atom. The molecule has 0 amide bonds. The van der Waals surface area contributed by atoms with Gasteiger partial charge in [0, 0.05) is 40.1 Å². The molecule has 4 heterocycles. The van der Waals surface area contributed by atoms with Crippen LogP contribution in [0.25, 0.3) is 12.2 Å². The highest BCUT2D eigenvalue weighted by molar-refractivity contribution is 9.10. The van der Waals surface area contributed by atoms with E-state index >= 15 is 0 Å². The van der Waals surface area contributed by atoms with Crippen LogP contribution in [0.15, 0.2) is 342 Å². The highest BCUT2D eigenvalue weighted by Gasteiger charge is 2.76. The largest absolute Gasteiger partial charge is 0.521 e. The summed E-state index contributed by atoms with van der Waals surface area (Å²) in [5.74, 6) is 0. The molecule has 15 rings (SSSR count).